The molecule has 36 heavy (non-hydrogen) atoms. The van der Waals surface area contributed by atoms with E-state index in [1.54, 1.807) is 0 Å². The van der Waals surface area contributed by atoms with Crippen molar-refractivity contribution in [1.82, 2.24) is 0 Å². The lowest BCUT2D eigenvalue weighted by Crippen LogP contribution is -2.30. The maximum atomic E-state index is 13.8. The molecule has 0 unspecified atom stereocenters. The van der Waals surface area contributed by atoms with Crippen molar-refractivity contribution in [2.75, 3.05) is 6.35 Å². The van der Waals surface area contributed by atoms with Gasteiger partial charge in [-0.05, 0) is 35.9 Å². The van der Waals surface area contributed by atoms with Gasteiger partial charge in [-0.2, -0.15) is 47.9 Å². The average molecular weight is 570 g/mol. The highest BCUT2D eigenvalue weighted by molar-refractivity contribution is 7.88. The van der Waals surface area contributed by atoms with Crippen molar-refractivity contribution in [3.05, 3.63) is 41.5 Å². The molecule has 5 nitrogen and oxygen atoms in total. The Morgan fingerprint density at radius 2 is 1.36 bits per heavy atom. The first kappa shape index (κ1) is 28.2. The van der Waals surface area contributed by atoms with Gasteiger partial charge in [0.15, 0.2) is 12.9 Å². The van der Waals surface area contributed by atoms with Crippen molar-refractivity contribution in [2.45, 2.75) is 43.8 Å². The van der Waals surface area contributed by atoms with Crippen LogP contribution in [-0.2, 0) is 27.0 Å². The predicted octanol–water partition coefficient (Wildman–Crippen LogP) is 6.76. The quantitative estimate of drug-likeness (QED) is 0.177. The van der Waals surface area contributed by atoms with Gasteiger partial charge >= 0.3 is 28.0 Å². The van der Waals surface area contributed by atoms with E-state index in [9.17, 15) is 52.5 Å². The van der Waals surface area contributed by atoms with E-state index in [1.165, 1.54) is 20.8 Å². The zero-order chi connectivity index (χ0) is 27.7. The van der Waals surface area contributed by atoms with Crippen LogP contribution in [0.1, 0.15) is 31.9 Å². The molecular weight excluding hydrogens is 554 g/mol. The van der Waals surface area contributed by atoms with Gasteiger partial charge in [0.1, 0.15) is 17.4 Å². The summed E-state index contributed by atoms with van der Waals surface area (Å²) in [6.45, 7) is 4.15. The number of alkyl halides is 9. The van der Waals surface area contributed by atoms with Crippen molar-refractivity contribution >= 4 is 22.6 Å². The number of ether oxygens (including phenoxy) is 1. The summed E-state index contributed by atoms with van der Waals surface area (Å²) >= 11 is 0. The summed E-state index contributed by atoms with van der Waals surface area (Å²) in [7, 11) is -10.3. The van der Waals surface area contributed by atoms with Crippen LogP contribution >= 0.6 is 7.14 Å². The second kappa shape index (κ2) is 8.30. The number of halogens is 9. The molecule has 3 rings (SSSR count). The number of fused-ring (bicyclic) bond motifs is 1. The normalized spacial score (nSPS) is 19.1. The second-order valence-corrected chi connectivity index (χ2v) is 13.8. The maximum absolute atomic E-state index is 13.8. The maximum Gasteiger partial charge on any atom is 0.534 e. The lowest BCUT2D eigenvalue weighted by Gasteiger charge is -2.27. The van der Waals surface area contributed by atoms with Crippen molar-refractivity contribution in [1.29, 1.82) is 0 Å². The first-order chi connectivity index (χ1) is 16.0. The Hall–Kier alpha value is -2.41. The molecule has 1 aliphatic rings. The van der Waals surface area contributed by atoms with Crippen LogP contribution in [0.3, 0.4) is 0 Å². The largest absolute Gasteiger partial charge is 0.534 e. The number of rotatable bonds is 3. The molecule has 0 N–H and O–H groups in total. The first-order valence-electron chi connectivity index (χ1n) is 9.69. The molecule has 0 saturated carbocycles. The number of hydrogen-bond donors (Lipinski definition) is 0. The molecule has 0 spiro atoms. The molecule has 2 aromatic rings. The Morgan fingerprint density at radius 3 is 1.78 bits per heavy atom. The molecule has 200 valence electrons. The van der Waals surface area contributed by atoms with E-state index >= 15 is 0 Å². The van der Waals surface area contributed by atoms with Gasteiger partial charge in [-0.1, -0.05) is 20.8 Å². The number of benzene rings is 2. The highest BCUT2D eigenvalue weighted by Gasteiger charge is 2.52. The van der Waals surface area contributed by atoms with E-state index in [4.69, 9.17) is 4.74 Å². The molecule has 0 amide bonds. The third-order valence-electron chi connectivity index (χ3n) is 5.31. The Morgan fingerprint density at radius 1 is 0.861 bits per heavy atom. The molecule has 0 radical (unpaired) electrons. The molecule has 16 heteroatoms. The molecule has 1 heterocycles. The molecular formula is C20H16F9O5PS. The van der Waals surface area contributed by atoms with E-state index in [0.717, 1.165) is 6.07 Å². The van der Waals surface area contributed by atoms with Crippen molar-refractivity contribution < 1.29 is 61.4 Å². The van der Waals surface area contributed by atoms with Gasteiger partial charge in [-0.3, -0.25) is 0 Å². The van der Waals surface area contributed by atoms with Crippen LogP contribution in [0.5, 0.6) is 11.5 Å². The topological polar surface area (TPSA) is 69.7 Å². The first-order valence-corrected chi connectivity index (χ1v) is 13.0. The monoisotopic (exact) mass is 570 g/mol. The van der Waals surface area contributed by atoms with Crippen molar-refractivity contribution in [3.8, 4) is 22.6 Å². The SMILES string of the molecule is CC(C)(C)[P@@]1(=O)COc2c(-c3cc(C(F)(F)F)cc(C(F)(F)F)c3)ccc(OS(=O)(=O)C(F)(F)F)c21. The van der Waals surface area contributed by atoms with E-state index in [2.05, 4.69) is 4.18 Å². The van der Waals surface area contributed by atoms with Gasteiger partial charge in [-0.25, -0.2) is 0 Å². The standard InChI is InChI=1S/C20H16F9O5PS/c1-17(2,3)35(30)9-33-15-13(4-5-14(16(15)35)34-36(31,32)20(27,28)29)10-6-11(18(21,22)23)8-12(7-10)19(24,25)26/h4-8H,9H2,1-3H3/t35-/m1/s1. The minimum atomic E-state index is -6.27. The van der Waals surface area contributed by atoms with Crippen LogP contribution in [0.4, 0.5) is 39.5 Å². The van der Waals surface area contributed by atoms with Crippen LogP contribution in [0.15, 0.2) is 30.3 Å². The van der Waals surface area contributed by atoms with Crippen molar-refractivity contribution in [3.63, 3.8) is 0 Å². The van der Waals surface area contributed by atoms with E-state index < -0.39 is 85.7 Å². The predicted molar refractivity (Wildman–Crippen MR) is 110 cm³/mol. The van der Waals surface area contributed by atoms with E-state index in [0.29, 0.717) is 18.2 Å². The highest BCUT2D eigenvalue weighted by Crippen LogP contribution is 2.64. The molecule has 0 bridgehead atoms. The van der Waals surface area contributed by atoms with Gasteiger partial charge in [0, 0.05) is 10.7 Å². The van der Waals surface area contributed by atoms with Crippen LogP contribution in [0.2, 0.25) is 0 Å². The van der Waals surface area contributed by atoms with Crippen LogP contribution in [-0.4, -0.2) is 25.4 Å². The van der Waals surface area contributed by atoms with E-state index in [1.807, 2.05) is 0 Å². The Kier molecular flexibility index (Phi) is 6.50. The molecule has 1 atom stereocenters. The van der Waals surface area contributed by atoms with Gasteiger partial charge in [0.25, 0.3) is 0 Å². The van der Waals surface area contributed by atoms with Crippen LogP contribution < -0.4 is 14.2 Å². The minimum Gasteiger partial charge on any atom is -0.484 e. The van der Waals surface area contributed by atoms with Gasteiger partial charge < -0.3 is 13.5 Å². The third kappa shape index (κ3) is 4.91. The summed E-state index contributed by atoms with van der Waals surface area (Å²) in [6, 6.07) is 1.88. The molecule has 1 aliphatic heterocycles. The second-order valence-electron chi connectivity index (χ2n) is 8.75. The van der Waals surface area contributed by atoms with E-state index in [-0.39, 0.29) is 6.07 Å². The Labute approximate surface area is 198 Å². The summed E-state index contributed by atoms with van der Waals surface area (Å²) in [5, 5.41) is -1.95. The number of hydrogen-bond acceptors (Lipinski definition) is 5. The third-order valence-corrected chi connectivity index (χ3v) is 10.1. The molecule has 0 saturated heterocycles. The zero-order valence-electron chi connectivity index (χ0n) is 18.4. The fourth-order valence-corrected chi connectivity index (χ4v) is 6.38. The minimum absolute atomic E-state index is 0.127. The summed E-state index contributed by atoms with van der Waals surface area (Å²) < 4.78 is 165. The lowest BCUT2D eigenvalue weighted by atomic mass is 9.98. The van der Waals surface area contributed by atoms with Crippen molar-refractivity contribution in [2.24, 2.45) is 0 Å². The summed E-state index contributed by atoms with van der Waals surface area (Å²) in [6.07, 6.45) is -11.1. The molecule has 0 fully saturated rings. The fourth-order valence-electron chi connectivity index (χ4n) is 3.36. The highest BCUT2D eigenvalue weighted by atomic mass is 32.2. The smallest absolute Gasteiger partial charge is 0.484 e. The molecule has 0 aromatic heterocycles. The summed E-state index contributed by atoms with van der Waals surface area (Å²) in [5.74, 6) is -1.71. The van der Waals surface area contributed by atoms with Crippen LogP contribution in [0, 0.1) is 0 Å². The fraction of sp³-hybridized carbons (Fsp3) is 0.400. The average Bonchev–Trinajstić information content (AvgIpc) is 3.05. The Bertz CT molecular complexity index is 1320. The van der Waals surface area contributed by atoms with Gasteiger partial charge in [0.05, 0.1) is 11.1 Å². The molecule has 0 aliphatic carbocycles. The Balaban J connectivity index is 2.37. The molecule has 2 aromatic carbocycles. The summed E-state index contributed by atoms with van der Waals surface area (Å²) in [4.78, 5) is 0. The van der Waals surface area contributed by atoms with Gasteiger partial charge in [-0.15, -0.1) is 0 Å². The lowest BCUT2D eigenvalue weighted by molar-refractivity contribution is -0.143. The van der Waals surface area contributed by atoms with Crippen LogP contribution in [0.25, 0.3) is 11.1 Å². The zero-order valence-corrected chi connectivity index (χ0v) is 20.1. The summed E-state index contributed by atoms with van der Waals surface area (Å²) in [5.41, 5.74) is -10.4. The van der Waals surface area contributed by atoms with Gasteiger partial charge in [0.2, 0.25) is 0 Å².